The van der Waals surface area contributed by atoms with E-state index in [2.05, 4.69) is 38.9 Å². The summed E-state index contributed by atoms with van der Waals surface area (Å²) < 4.78 is 13.1. The average Bonchev–Trinajstić information content (AvgIpc) is 3.31. The highest BCUT2D eigenvalue weighted by atomic mass is 32.1. The fraction of sp³-hybridized carbons (Fsp3) is 0.227. The van der Waals surface area contributed by atoms with E-state index in [1.54, 1.807) is 29.7 Å². The second kappa shape index (κ2) is 8.89. The predicted molar refractivity (Wildman–Crippen MR) is 121 cm³/mol. The number of hydrogen-bond acceptors (Lipinski definition) is 4. The van der Waals surface area contributed by atoms with Crippen molar-refractivity contribution in [1.82, 2.24) is 15.2 Å². The molecule has 0 aliphatic carbocycles. The Hall–Kier alpha value is -2.84. The van der Waals surface area contributed by atoms with Crippen LogP contribution in [0.25, 0.3) is 0 Å². The number of carbonyl (C=O) groups is 1. The Balaban J connectivity index is 1.52. The van der Waals surface area contributed by atoms with Gasteiger partial charge in [-0.25, -0.2) is 4.39 Å². The maximum absolute atomic E-state index is 13.1. The average molecular weight is 441 g/mol. The van der Waals surface area contributed by atoms with Gasteiger partial charge < -0.3 is 15.5 Å². The van der Waals surface area contributed by atoms with Gasteiger partial charge in [0, 0.05) is 29.7 Å². The molecule has 154 valence electrons. The van der Waals surface area contributed by atoms with Crippen LogP contribution in [0.2, 0.25) is 0 Å². The van der Waals surface area contributed by atoms with Gasteiger partial charge in [0.05, 0.1) is 17.8 Å². The van der Waals surface area contributed by atoms with Gasteiger partial charge in [-0.1, -0.05) is 6.07 Å². The standard InChI is InChI=1S/C22H21FN4OS2/c1-14-10-13-30-21(14)20-19(17-4-2-3-11-24-17)26-22(29)27(20)12-9-18(28)25-16-7-5-15(23)6-8-16/h2-8,10-11,13,19-20H,9,12H2,1H3,(H,25,28)(H,26,29). The zero-order valence-corrected chi connectivity index (χ0v) is 18.0. The number of nitrogens with zero attached hydrogens (tertiary/aromatic N) is 2. The molecule has 1 aliphatic rings. The summed E-state index contributed by atoms with van der Waals surface area (Å²) in [6.45, 7) is 2.55. The molecule has 3 heterocycles. The third-order valence-electron chi connectivity index (χ3n) is 5.08. The van der Waals surface area contributed by atoms with E-state index in [0.717, 1.165) is 5.69 Å². The van der Waals surface area contributed by atoms with Crippen molar-refractivity contribution in [2.24, 2.45) is 0 Å². The zero-order chi connectivity index (χ0) is 21.1. The topological polar surface area (TPSA) is 57.3 Å². The molecule has 0 radical (unpaired) electrons. The first-order chi connectivity index (χ1) is 14.5. The molecule has 2 aromatic heterocycles. The fourth-order valence-corrected chi connectivity index (χ4v) is 5.00. The van der Waals surface area contributed by atoms with Crippen molar-refractivity contribution in [1.29, 1.82) is 0 Å². The summed E-state index contributed by atoms with van der Waals surface area (Å²) in [5.41, 5.74) is 2.68. The van der Waals surface area contributed by atoms with Gasteiger partial charge in [-0.2, -0.15) is 0 Å². The van der Waals surface area contributed by atoms with Crippen molar-refractivity contribution in [3.05, 3.63) is 82.1 Å². The highest BCUT2D eigenvalue weighted by molar-refractivity contribution is 7.80. The number of halogens is 1. The molecule has 3 aromatic rings. The number of pyridine rings is 1. The molecule has 1 aromatic carbocycles. The molecule has 2 N–H and O–H groups in total. The van der Waals surface area contributed by atoms with E-state index >= 15 is 0 Å². The van der Waals surface area contributed by atoms with E-state index in [9.17, 15) is 9.18 Å². The van der Waals surface area contributed by atoms with Gasteiger partial charge >= 0.3 is 0 Å². The first-order valence-electron chi connectivity index (χ1n) is 9.60. The number of carbonyl (C=O) groups excluding carboxylic acids is 1. The molecule has 5 nitrogen and oxygen atoms in total. The molecule has 1 fully saturated rings. The van der Waals surface area contributed by atoms with Crippen LogP contribution >= 0.6 is 23.6 Å². The minimum atomic E-state index is -0.337. The van der Waals surface area contributed by atoms with Crippen LogP contribution in [-0.4, -0.2) is 27.4 Å². The van der Waals surface area contributed by atoms with Gasteiger partial charge in [0.15, 0.2) is 5.11 Å². The summed E-state index contributed by atoms with van der Waals surface area (Å²) in [4.78, 5) is 20.3. The minimum absolute atomic E-state index is 0.0361. The van der Waals surface area contributed by atoms with Crippen molar-refractivity contribution in [3.8, 4) is 0 Å². The van der Waals surface area contributed by atoms with Gasteiger partial charge in [-0.15, -0.1) is 11.3 Å². The third-order valence-corrected chi connectivity index (χ3v) is 6.52. The Bertz CT molecular complexity index is 1040. The van der Waals surface area contributed by atoms with E-state index in [-0.39, 0.29) is 30.2 Å². The maximum Gasteiger partial charge on any atom is 0.226 e. The number of rotatable bonds is 6. The molecule has 2 unspecified atom stereocenters. The van der Waals surface area contributed by atoms with Crippen LogP contribution in [0, 0.1) is 12.7 Å². The molecule has 30 heavy (non-hydrogen) atoms. The summed E-state index contributed by atoms with van der Waals surface area (Å²) in [6.07, 6.45) is 2.03. The zero-order valence-electron chi connectivity index (χ0n) is 16.3. The number of anilines is 1. The van der Waals surface area contributed by atoms with E-state index in [1.807, 2.05) is 18.2 Å². The number of amides is 1. The van der Waals surface area contributed by atoms with Crippen LogP contribution in [0.5, 0.6) is 0 Å². The fourth-order valence-electron chi connectivity index (χ4n) is 3.60. The highest BCUT2D eigenvalue weighted by Gasteiger charge is 2.40. The van der Waals surface area contributed by atoms with Crippen LogP contribution in [0.1, 0.15) is 34.6 Å². The van der Waals surface area contributed by atoms with Crippen LogP contribution in [-0.2, 0) is 4.79 Å². The lowest BCUT2D eigenvalue weighted by atomic mass is 10.0. The summed E-state index contributed by atoms with van der Waals surface area (Å²) in [5, 5.41) is 8.88. The van der Waals surface area contributed by atoms with E-state index < -0.39 is 0 Å². The third kappa shape index (κ3) is 4.34. The Morgan fingerprint density at radius 1 is 1.27 bits per heavy atom. The number of thiocarbonyl (C=S) groups is 1. The Labute approximate surface area is 183 Å². The number of hydrogen-bond donors (Lipinski definition) is 2. The smallest absolute Gasteiger partial charge is 0.226 e. The van der Waals surface area contributed by atoms with Crippen LogP contribution in [0.4, 0.5) is 10.1 Å². The van der Waals surface area contributed by atoms with Crippen LogP contribution in [0.15, 0.2) is 60.1 Å². The second-order valence-electron chi connectivity index (χ2n) is 7.09. The van der Waals surface area contributed by atoms with Crippen LogP contribution in [0.3, 0.4) is 0 Å². The Morgan fingerprint density at radius 3 is 2.73 bits per heavy atom. The lowest BCUT2D eigenvalue weighted by Gasteiger charge is -2.27. The Morgan fingerprint density at radius 2 is 2.07 bits per heavy atom. The number of thiophene rings is 1. The predicted octanol–water partition coefficient (Wildman–Crippen LogP) is 4.59. The van der Waals surface area contributed by atoms with E-state index in [4.69, 9.17) is 12.2 Å². The van der Waals surface area contributed by atoms with Gasteiger partial charge in [-0.3, -0.25) is 9.78 Å². The highest BCUT2D eigenvalue weighted by Crippen LogP contribution is 2.41. The van der Waals surface area contributed by atoms with Gasteiger partial charge in [0.2, 0.25) is 5.91 Å². The second-order valence-corrected chi connectivity index (χ2v) is 8.43. The lowest BCUT2D eigenvalue weighted by molar-refractivity contribution is -0.116. The summed E-state index contributed by atoms with van der Waals surface area (Å²) in [6, 6.07) is 13.5. The van der Waals surface area contributed by atoms with Crippen LogP contribution < -0.4 is 10.6 Å². The van der Waals surface area contributed by atoms with E-state index in [1.165, 1.54) is 22.6 Å². The van der Waals surface area contributed by atoms with Crippen molar-refractivity contribution in [2.45, 2.75) is 25.4 Å². The van der Waals surface area contributed by atoms with Crippen molar-refractivity contribution in [3.63, 3.8) is 0 Å². The first kappa shape index (κ1) is 20.4. The van der Waals surface area contributed by atoms with Crippen molar-refractivity contribution >= 4 is 40.3 Å². The quantitative estimate of drug-likeness (QED) is 0.549. The first-order valence-corrected chi connectivity index (χ1v) is 10.9. The lowest BCUT2D eigenvalue weighted by Crippen LogP contribution is -2.32. The molecule has 2 atom stereocenters. The molecule has 1 aliphatic heterocycles. The number of aromatic nitrogens is 1. The molecule has 0 bridgehead atoms. The van der Waals surface area contributed by atoms with Crippen molar-refractivity contribution in [2.75, 3.05) is 11.9 Å². The summed E-state index contributed by atoms with van der Waals surface area (Å²) in [5.74, 6) is -0.483. The number of nitrogens with one attached hydrogen (secondary N) is 2. The molecule has 1 saturated heterocycles. The van der Waals surface area contributed by atoms with Crippen molar-refractivity contribution < 1.29 is 9.18 Å². The monoisotopic (exact) mass is 440 g/mol. The van der Waals surface area contributed by atoms with E-state index in [0.29, 0.717) is 17.3 Å². The molecular weight excluding hydrogens is 419 g/mol. The van der Waals surface area contributed by atoms with Gasteiger partial charge in [-0.05, 0) is 72.5 Å². The molecule has 0 saturated carbocycles. The molecule has 4 rings (SSSR count). The SMILES string of the molecule is Cc1ccsc1C1C(c2ccccn2)NC(=S)N1CCC(=O)Nc1ccc(F)cc1. The van der Waals surface area contributed by atoms with Gasteiger partial charge in [0.25, 0.3) is 0 Å². The maximum atomic E-state index is 13.1. The number of benzene rings is 1. The minimum Gasteiger partial charge on any atom is -0.352 e. The molecule has 0 spiro atoms. The summed E-state index contributed by atoms with van der Waals surface area (Å²) >= 11 is 7.31. The largest absolute Gasteiger partial charge is 0.352 e. The normalized spacial score (nSPS) is 18.3. The number of aryl methyl sites for hydroxylation is 1. The van der Waals surface area contributed by atoms with Gasteiger partial charge in [0.1, 0.15) is 5.82 Å². The summed E-state index contributed by atoms with van der Waals surface area (Å²) in [7, 11) is 0. The molecule has 1 amide bonds. The molecular formula is C22H21FN4OS2. The Kier molecular flexibility index (Phi) is 6.06. The molecule has 8 heteroatoms.